The largest absolute Gasteiger partial charge is 0.497 e. The maximum absolute atomic E-state index is 11.4. The number of nitrogens with two attached hydrogens (primary N) is 1. The van der Waals surface area contributed by atoms with Crippen molar-refractivity contribution in [1.29, 1.82) is 0 Å². The van der Waals surface area contributed by atoms with E-state index in [2.05, 4.69) is 0 Å². The number of primary amides is 1. The molecule has 2 N–H and O–H groups in total. The van der Waals surface area contributed by atoms with Crippen molar-refractivity contribution in [3.63, 3.8) is 0 Å². The quantitative estimate of drug-likeness (QED) is 0.824. The van der Waals surface area contributed by atoms with E-state index < -0.39 is 0 Å². The maximum Gasteiger partial charge on any atom is 0.224 e. The first-order valence-corrected chi connectivity index (χ1v) is 5.64. The molecule has 16 heavy (non-hydrogen) atoms. The fourth-order valence-corrected chi connectivity index (χ4v) is 1.94. The highest BCUT2D eigenvalue weighted by Gasteiger charge is 2.29. The minimum absolute atomic E-state index is 0.140. The van der Waals surface area contributed by atoms with Gasteiger partial charge in [0.15, 0.2) is 0 Å². The Labute approximate surface area is 95.6 Å². The Kier molecular flexibility index (Phi) is 3.13. The van der Waals surface area contributed by atoms with Crippen molar-refractivity contribution in [2.45, 2.75) is 25.2 Å². The molecule has 1 fully saturated rings. The topological polar surface area (TPSA) is 52.3 Å². The van der Waals surface area contributed by atoms with Crippen molar-refractivity contribution in [2.24, 2.45) is 11.7 Å². The first-order chi connectivity index (χ1) is 7.70. The van der Waals surface area contributed by atoms with Crippen LogP contribution in [-0.4, -0.2) is 13.0 Å². The molecule has 3 heteroatoms. The summed E-state index contributed by atoms with van der Waals surface area (Å²) < 4.78 is 5.09. The van der Waals surface area contributed by atoms with Gasteiger partial charge in [0.2, 0.25) is 5.91 Å². The van der Waals surface area contributed by atoms with E-state index in [0.29, 0.717) is 5.92 Å². The van der Waals surface area contributed by atoms with Gasteiger partial charge in [-0.15, -0.1) is 0 Å². The normalized spacial score (nSPS) is 16.8. The van der Waals surface area contributed by atoms with Crippen LogP contribution in [-0.2, 0) is 4.79 Å². The second-order valence-electron chi connectivity index (χ2n) is 4.41. The Hall–Kier alpha value is -1.51. The second-order valence-corrected chi connectivity index (χ2v) is 4.41. The van der Waals surface area contributed by atoms with Gasteiger partial charge < -0.3 is 10.5 Å². The van der Waals surface area contributed by atoms with Gasteiger partial charge in [-0.2, -0.15) is 0 Å². The molecule has 0 saturated heterocycles. The third-order valence-electron chi connectivity index (χ3n) is 3.13. The van der Waals surface area contributed by atoms with Crippen LogP contribution in [0.5, 0.6) is 5.75 Å². The number of hydrogen-bond donors (Lipinski definition) is 1. The van der Waals surface area contributed by atoms with E-state index in [-0.39, 0.29) is 11.8 Å². The molecule has 0 aromatic heterocycles. The van der Waals surface area contributed by atoms with E-state index >= 15 is 0 Å². The van der Waals surface area contributed by atoms with Crippen molar-refractivity contribution in [1.82, 2.24) is 0 Å². The van der Waals surface area contributed by atoms with E-state index in [9.17, 15) is 4.79 Å². The Morgan fingerprint density at radius 2 is 2.06 bits per heavy atom. The van der Waals surface area contributed by atoms with Gasteiger partial charge in [-0.3, -0.25) is 4.79 Å². The number of hydrogen-bond acceptors (Lipinski definition) is 2. The number of amides is 1. The third kappa shape index (κ3) is 2.54. The lowest BCUT2D eigenvalue weighted by atomic mass is 9.93. The van der Waals surface area contributed by atoms with Gasteiger partial charge in [0.25, 0.3) is 0 Å². The molecule has 1 aromatic rings. The number of benzene rings is 1. The van der Waals surface area contributed by atoms with Gasteiger partial charge in [-0.1, -0.05) is 25.0 Å². The molecule has 1 amide bonds. The Balaban J connectivity index is 2.13. The molecule has 86 valence electrons. The van der Waals surface area contributed by atoms with Crippen LogP contribution in [0.25, 0.3) is 0 Å². The molecule has 0 aliphatic heterocycles. The van der Waals surface area contributed by atoms with E-state index in [1.807, 2.05) is 24.3 Å². The summed E-state index contributed by atoms with van der Waals surface area (Å²) in [6.07, 6.45) is 3.36. The van der Waals surface area contributed by atoms with Crippen molar-refractivity contribution < 1.29 is 9.53 Å². The highest BCUT2D eigenvalue weighted by Crippen LogP contribution is 2.38. The summed E-state index contributed by atoms with van der Waals surface area (Å²) in [4.78, 5) is 11.4. The first-order valence-electron chi connectivity index (χ1n) is 5.64. The molecule has 0 heterocycles. The van der Waals surface area contributed by atoms with Crippen LogP contribution in [0, 0.1) is 5.92 Å². The standard InChI is InChI=1S/C13H17NO2/c1-16-11-6-4-10(5-7-11)12(13(14)15)8-9-2-3-9/h4-7,9,12H,2-3,8H2,1H3,(H2,14,15). The Morgan fingerprint density at radius 3 is 2.50 bits per heavy atom. The number of carbonyl (C=O) groups is 1. The first kappa shape index (κ1) is 11.0. The number of rotatable bonds is 5. The van der Waals surface area contributed by atoms with Gasteiger partial charge >= 0.3 is 0 Å². The smallest absolute Gasteiger partial charge is 0.224 e. The summed E-state index contributed by atoms with van der Waals surface area (Å²) in [6, 6.07) is 7.60. The van der Waals surface area contributed by atoms with E-state index in [4.69, 9.17) is 10.5 Å². The average molecular weight is 219 g/mol. The minimum Gasteiger partial charge on any atom is -0.497 e. The Bertz CT molecular complexity index is 368. The van der Waals surface area contributed by atoms with Crippen LogP contribution in [0.3, 0.4) is 0 Å². The van der Waals surface area contributed by atoms with Crippen LogP contribution in [0.15, 0.2) is 24.3 Å². The number of carbonyl (C=O) groups excluding carboxylic acids is 1. The summed E-state index contributed by atoms with van der Waals surface area (Å²) in [6.45, 7) is 0. The summed E-state index contributed by atoms with van der Waals surface area (Å²) in [5.41, 5.74) is 6.45. The van der Waals surface area contributed by atoms with Crippen molar-refractivity contribution in [3.8, 4) is 5.75 Å². The van der Waals surface area contributed by atoms with Gasteiger partial charge in [-0.05, 0) is 30.0 Å². The van der Waals surface area contributed by atoms with E-state index in [1.54, 1.807) is 7.11 Å². The summed E-state index contributed by atoms with van der Waals surface area (Å²) in [5, 5.41) is 0. The lowest BCUT2D eigenvalue weighted by Crippen LogP contribution is -2.21. The van der Waals surface area contributed by atoms with Crippen LogP contribution in [0.2, 0.25) is 0 Å². The fraction of sp³-hybridized carbons (Fsp3) is 0.462. The van der Waals surface area contributed by atoms with Crippen LogP contribution in [0.4, 0.5) is 0 Å². The molecular weight excluding hydrogens is 202 g/mol. The lowest BCUT2D eigenvalue weighted by Gasteiger charge is -2.13. The van der Waals surface area contributed by atoms with Crippen LogP contribution in [0.1, 0.15) is 30.7 Å². The zero-order valence-electron chi connectivity index (χ0n) is 9.48. The molecule has 1 unspecified atom stereocenters. The predicted octanol–water partition coefficient (Wildman–Crippen LogP) is 2.06. The van der Waals surface area contributed by atoms with Crippen molar-refractivity contribution >= 4 is 5.91 Å². The highest BCUT2D eigenvalue weighted by atomic mass is 16.5. The maximum atomic E-state index is 11.4. The van der Waals surface area contributed by atoms with Crippen molar-refractivity contribution in [3.05, 3.63) is 29.8 Å². The monoisotopic (exact) mass is 219 g/mol. The van der Waals surface area contributed by atoms with Crippen LogP contribution < -0.4 is 10.5 Å². The molecule has 0 radical (unpaired) electrons. The fourth-order valence-electron chi connectivity index (χ4n) is 1.94. The SMILES string of the molecule is COc1ccc(C(CC2CC2)C(N)=O)cc1. The van der Waals surface area contributed by atoms with E-state index in [1.165, 1.54) is 12.8 Å². The third-order valence-corrected chi connectivity index (χ3v) is 3.13. The number of ether oxygens (including phenoxy) is 1. The molecule has 1 saturated carbocycles. The molecular formula is C13H17NO2. The summed E-state index contributed by atoms with van der Waals surface area (Å²) in [5.74, 6) is 1.13. The van der Waals surface area contributed by atoms with Gasteiger partial charge in [0.1, 0.15) is 5.75 Å². The van der Waals surface area contributed by atoms with Crippen LogP contribution >= 0.6 is 0 Å². The second kappa shape index (κ2) is 4.56. The zero-order valence-corrected chi connectivity index (χ0v) is 9.48. The molecule has 1 atom stereocenters. The highest BCUT2D eigenvalue weighted by molar-refractivity contribution is 5.82. The summed E-state index contributed by atoms with van der Waals surface area (Å²) in [7, 11) is 1.63. The average Bonchev–Trinajstić information content (AvgIpc) is 3.09. The molecule has 1 aliphatic rings. The van der Waals surface area contributed by atoms with Gasteiger partial charge in [0, 0.05) is 0 Å². The molecule has 1 aromatic carbocycles. The lowest BCUT2D eigenvalue weighted by molar-refractivity contribution is -0.119. The Morgan fingerprint density at radius 1 is 1.44 bits per heavy atom. The molecule has 2 rings (SSSR count). The minimum atomic E-state index is -0.225. The van der Waals surface area contributed by atoms with E-state index in [0.717, 1.165) is 17.7 Å². The van der Waals surface area contributed by atoms with Gasteiger partial charge in [0.05, 0.1) is 13.0 Å². The molecule has 3 nitrogen and oxygen atoms in total. The van der Waals surface area contributed by atoms with Crippen molar-refractivity contribution in [2.75, 3.05) is 7.11 Å². The predicted molar refractivity (Wildman–Crippen MR) is 62.3 cm³/mol. The molecule has 1 aliphatic carbocycles. The molecule has 0 bridgehead atoms. The summed E-state index contributed by atoms with van der Waals surface area (Å²) >= 11 is 0. The number of methoxy groups -OCH3 is 1. The molecule has 0 spiro atoms. The van der Waals surface area contributed by atoms with Gasteiger partial charge in [-0.25, -0.2) is 0 Å². The zero-order chi connectivity index (χ0) is 11.5.